The van der Waals surface area contributed by atoms with Crippen LogP contribution in [0.15, 0.2) is 6.33 Å². The Labute approximate surface area is 85.5 Å². The number of alkyl halides is 3. The molecule has 15 heavy (non-hydrogen) atoms. The first kappa shape index (κ1) is 12.0. The molecule has 0 aliphatic rings. The minimum absolute atomic E-state index is 0.114. The topological polar surface area (TPSA) is 42.7 Å². The van der Waals surface area contributed by atoms with E-state index in [-0.39, 0.29) is 12.6 Å². The highest BCUT2D eigenvalue weighted by Crippen LogP contribution is 2.19. The van der Waals surface area contributed by atoms with E-state index in [0.717, 1.165) is 0 Å². The van der Waals surface area contributed by atoms with Gasteiger partial charge in [-0.1, -0.05) is 0 Å². The molecule has 1 N–H and O–H groups in total. The summed E-state index contributed by atoms with van der Waals surface area (Å²) in [5.41, 5.74) is 0. The van der Waals surface area contributed by atoms with Crippen LogP contribution in [0, 0.1) is 0 Å². The maximum atomic E-state index is 11.9. The number of hydrogen-bond acceptors (Lipinski definition) is 3. The van der Waals surface area contributed by atoms with Crippen molar-refractivity contribution in [1.29, 1.82) is 0 Å². The third-order valence-electron chi connectivity index (χ3n) is 1.99. The third-order valence-corrected chi connectivity index (χ3v) is 1.99. The van der Waals surface area contributed by atoms with Crippen molar-refractivity contribution in [2.45, 2.75) is 25.6 Å². The van der Waals surface area contributed by atoms with Crippen molar-refractivity contribution in [3.05, 3.63) is 12.2 Å². The van der Waals surface area contributed by atoms with Gasteiger partial charge in [-0.3, -0.25) is 0 Å². The largest absolute Gasteiger partial charge is 0.390 e. The van der Waals surface area contributed by atoms with Crippen LogP contribution < -0.4 is 5.32 Å². The highest BCUT2D eigenvalue weighted by atomic mass is 19.4. The van der Waals surface area contributed by atoms with E-state index in [0.29, 0.717) is 5.82 Å². The molecule has 1 atom stereocenters. The maximum Gasteiger partial charge on any atom is 0.390 e. The molecule has 0 aliphatic heterocycles. The first-order valence-electron chi connectivity index (χ1n) is 4.54. The minimum atomic E-state index is -4.12. The van der Waals surface area contributed by atoms with Crippen LogP contribution in [-0.2, 0) is 7.05 Å². The molecule has 0 aromatic carbocycles. The number of hydrogen-bond donors (Lipinski definition) is 1. The number of rotatable bonds is 4. The molecule has 0 aliphatic carbocycles. The standard InChI is InChI=1S/C8H13F3N4/c1-6(7-14-13-5-15(7)2)12-4-3-8(9,10)11/h5-6,12H,3-4H2,1-2H3. The van der Waals surface area contributed by atoms with E-state index >= 15 is 0 Å². The highest BCUT2D eigenvalue weighted by molar-refractivity contribution is 4.91. The molecule has 7 heteroatoms. The molecule has 1 heterocycles. The fourth-order valence-corrected chi connectivity index (χ4v) is 1.21. The van der Waals surface area contributed by atoms with Gasteiger partial charge in [0.15, 0.2) is 0 Å². The summed E-state index contributed by atoms with van der Waals surface area (Å²) in [6, 6.07) is -0.236. The molecule has 0 saturated heterocycles. The van der Waals surface area contributed by atoms with E-state index in [1.165, 1.54) is 6.33 Å². The van der Waals surface area contributed by atoms with Crippen LogP contribution in [0.2, 0.25) is 0 Å². The first-order valence-corrected chi connectivity index (χ1v) is 4.54. The second-order valence-corrected chi connectivity index (χ2v) is 3.34. The predicted molar refractivity (Wildman–Crippen MR) is 48.1 cm³/mol. The molecule has 0 radical (unpaired) electrons. The Balaban J connectivity index is 2.37. The Bertz CT molecular complexity index is 307. The fraction of sp³-hybridized carbons (Fsp3) is 0.750. The van der Waals surface area contributed by atoms with Gasteiger partial charge in [0.1, 0.15) is 12.2 Å². The maximum absolute atomic E-state index is 11.9. The molecule has 1 unspecified atom stereocenters. The summed E-state index contributed by atoms with van der Waals surface area (Å²) < 4.78 is 37.2. The molecular weight excluding hydrogens is 209 g/mol. The van der Waals surface area contributed by atoms with Crippen molar-refractivity contribution in [2.75, 3.05) is 6.54 Å². The van der Waals surface area contributed by atoms with Gasteiger partial charge in [-0.25, -0.2) is 0 Å². The molecule has 4 nitrogen and oxygen atoms in total. The van der Waals surface area contributed by atoms with Crippen molar-refractivity contribution in [1.82, 2.24) is 20.1 Å². The summed E-state index contributed by atoms with van der Waals surface area (Å²) >= 11 is 0. The zero-order valence-corrected chi connectivity index (χ0v) is 8.54. The monoisotopic (exact) mass is 222 g/mol. The van der Waals surface area contributed by atoms with Crippen LogP contribution in [-0.4, -0.2) is 27.5 Å². The first-order chi connectivity index (χ1) is 6.90. The number of aryl methyl sites for hydroxylation is 1. The van der Waals surface area contributed by atoms with Crippen LogP contribution in [0.25, 0.3) is 0 Å². The highest BCUT2D eigenvalue weighted by Gasteiger charge is 2.26. The van der Waals surface area contributed by atoms with Crippen LogP contribution in [0.1, 0.15) is 25.2 Å². The molecule has 0 saturated carbocycles. The zero-order chi connectivity index (χ0) is 11.5. The smallest absolute Gasteiger partial charge is 0.319 e. The van der Waals surface area contributed by atoms with Gasteiger partial charge in [-0.2, -0.15) is 13.2 Å². The second-order valence-electron chi connectivity index (χ2n) is 3.34. The zero-order valence-electron chi connectivity index (χ0n) is 8.54. The van der Waals surface area contributed by atoms with Gasteiger partial charge < -0.3 is 9.88 Å². The Hall–Kier alpha value is -1.11. The van der Waals surface area contributed by atoms with Gasteiger partial charge in [-0.05, 0) is 6.92 Å². The number of halogens is 3. The lowest BCUT2D eigenvalue weighted by Gasteiger charge is -2.13. The van der Waals surface area contributed by atoms with E-state index in [4.69, 9.17) is 0 Å². The minimum Gasteiger partial charge on any atom is -0.319 e. The van der Waals surface area contributed by atoms with Crippen molar-refractivity contribution in [3.8, 4) is 0 Å². The summed E-state index contributed by atoms with van der Waals surface area (Å²) in [7, 11) is 1.75. The van der Waals surface area contributed by atoms with E-state index in [2.05, 4.69) is 15.5 Å². The Morgan fingerprint density at radius 1 is 1.53 bits per heavy atom. The lowest BCUT2D eigenvalue weighted by molar-refractivity contribution is -0.133. The molecule has 1 aromatic rings. The lowest BCUT2D eigenvalue weighted by Crippen LogP contribution is -2.26. The van der Waals surface area contributed by atoms with E-state index in [1.807, 2.05) is 0 Å². The van der Waals surface area contributed by atoms with Crippen LogP contribution >= 0.6 is 0 Å². The fourth-order valence-electron chi connectivity index (χ4n) is 1.21. The summed E-state index contributed by atoms with van der Waals surface area (Å²) in [6.07, 6.45) is -3.45. The molecule has 0 bridgehead atoms. The van der Waals surface area contributed by atoms with Gasteiger partial charge in [-0.15, -0.1) is 10.2 Å². The van der Waals surface area contributed by atoms with Crippen LogP contribution in [0.3, 0.4) is 0 Å². The van der Waals surface area contributed by atoms with Crippen molar-refractivity contribution in [2.24, 2.45) is 7.05 Å². The molecule has 0 amide bonds. The van der Waals surface area contributed by atoms with Gasteiger partial charge in [0.2, 0.25) is 0 Å². The summed E-state index contributed by atoms with van der Waals surface area (Å²) in [5.74, 6) is 0.622. The molecule has 86 valence electrons. The average Bonchev–Trinajstić information content (AvgIpc) is 2.48. The Morgan fingerprint density at radius 3 is 2.67 bits per heavy atom. The van der Waals surface area contributed by atoms with Gasteiger partial charge >= 0.3 is 6.18 Å². The molecule has 0 fully saturated rings. The Kier molecular flexibility index (Phi) is 3.67. The molecular formula is C8H13F3N4. The predicted octanol–water partition coefficient (Wildman–Crippen LogP) is 1.42. The van der Waals surface area contributed by atoms with Crippen molar-refractivity contribution >= 4 is 0 Å². The van der Waals surface area contributed by atoms with Gasteiger partial charge in [0.05, 0.1) is 12.5 Å². The number of nitrogens with one attached hydrogen (secondary N) is 1. The van der Waals surface area contributed by atoms with Crippen LogP contribution in [0.5, 0.6) is 0 Å². The summed E-state index contributed by atoms with van der Waals surface area (Å²) in [5, 5.41) is 10.2. The normalized spacial score (nSPS) is 14.2. The van der Waals surface area contributed by atoms with Crippen molar-refractivity contribution in [3.63, 3.8) is 0 Å². The SMILES string of the molecule is CC(NCCC(F)(F)F)c1nncn1C. The summed E-state index contributed by atoms with van der Waals surface area (Å²) in [4.78, 5) is 0. The number of nitrogens with zero attached hydrogens (tertiary/aromatic N) is 3. The molecule has 0 spiro atoms. The lowest BCUT2D eigenvalue weighted by atomic mass is 10.3. The number of aromatic nitrogens is 3. The average molecular weight is 222 g/mol. The van der Waals surface area contributed by atoms with Crippen LogP contribution in [0.4, 0.5) is 13.2 Å². The van der Waals surface area contributed by atoms with E-state index in [9.17, 15) is 13.2 Å². The molecule has 1 rings (SSSR count). The van der Waals surface area contributed by atoms with Gasteiger partial charge in [0, 0.05) is 13.6 Å². The Morgan fingerprint density at radius 2 is 2.20 bits per heavy atom. The third kappa shape index (κ3) is 3.86. The van der Waals surface area contributed by atoms with Gasteiger partial charge in [0.25, 0.3) is 0 Å². The van der Waals surface area contributed by atoms with Crippen molar-refractivity contribution < 1.29 is 13.2 Å². The summed E-state index contributed by atoms with van der Waals surface area (Å²) in [6.45, 7) is 1.64. The van der Waals surface area contributed by atoms with E-state index in [1.54, 1.807) is 18.5 Å². The quantitative estimate of drug-likeness (QED) is 0.837. The van der Waals surface area contributed by atoms with E-state index < -0.39 is 12.6 Å². The molecule has 1 aromatic heterocycles. The second kappa shape index (κ2) is 4.61.